The lowest BCUT2D eigenvalue weighted by Crippen LogP contribution is -2.48. The topological polar surface area (TPSA) is 71.0 Å². The Balaban J connectivity index is 0.00000363. The summed E-state index contributed by atoms with van der Waals surface area (Å²) in [4.78, 5) is 11.0. The molecule has 32 heavy (non-hydrogen) atoms. The van der Waals surface area contributed by atoms with Gasteiger partial charge in [-0.05, 0) is 43.5 Å². The van der Waals surface area contributed by atoms with Crippen molar-refractivity contribution in [2.75, 3.05) is 32.1 Å². The number of halogens is 3. The van der Waals surface area contributed by atoms with E-state index in [0.29, 0.717) is 17.3 Å². The van der Waals surface area contributed by atoms with E-state index in [9.17, 15) is 8.78 Å². The summed E-state index contributed by atoms with van der Waals surface area (Å²) >= 11 is 0. The number of aromatic nitrogens is 1. The van der Waals surface area contributed by atoms with Crippen molar-refractivity contribution in [1.82, 2.24) is 15.6 Å². The monoisotopic (exact) mass is 561 g/mol. The molecule has 1 aromatic heterocycles. The first-order chi connectivity index (χ1) is 15.0. The van der Waals surface area contributed by atoms with Crippen LogP contribution in [-0.2, 0) is 6.54 Å². The summed E-state index contributed by atoms with van der Waals surface area (Å²) in [6, 6.07) is 9.25. The third kappa shape index (κ3) is 7.35. The van der Waals surface area contributed by atoms with E-state index < -0.39 is 6.61 Å². The lowest BCUT2D eigenvalue weighted by molar-refractivity contribution is -0.0505. The number of piperidine rings is 1. The van der Waals surface area contributed by atoms with Crippen molar-refractivity contribution in [3.63, 3.8) is 0 Å². The van der Waals surface area contributed by atoms with Crippen molar-refractivity contribution in [2.45, 2.75) is 39.0 Å². The van der Waals surface area contributed by atoms with Gasteiger partial charge in [0, 0.05) is 50.6 Å². The second-order valence-corrected chi connectivity index (χ2v) is 7.38. The molecule has 1 fully saturated rings. The number of benzene rings is 1. The van der Waals surface area contributed by atoms with Crippen molar-refractivity contribution in [2.24, 2.45) is 4.99 Å². The molecule has 0 saturated carbocycles. The summed E-state index contributed by atoms with van der Waals surface area (Å²) < 4.78 is 35.2. The van der Waals surface area contributed by atoms with Crippen LogP contribution in [0.2, 0.25) is 0 Å². The number of aliphatic imine (C=N–C) groups is 1. The van der Waals surface area contributed by atoms with Crippen molar-refractivity contribution in [3.8, 4) is 11.5 Å². The average Bonchev–Trinajstić information content (AvgIpc) is 2.78. The molecule has 1 aromatic carbocycles. The maximum Gasteiger partial charge on any atom is 0.387 e. The first-order valence-electron chi connectivity index (χ1n) is 10.2. The third-order valence-electron chi connectivity index (χ3n) is 5.22. The number of guanidine groups is 1. The molecule has 2 N–H and O–H groups in total. The van der Waals surface area contributed by atoms with Gasteiger partial charge in [-0.25, -0.2) is 4.98 Å². The lowest BCUT2D eigenvalue weighted by Gasteiger charge is -2.33. The number of pyridine rings is 1. The molecule has 10 heteroatoms. The van der Waals surface area contributed by atoms with Gasteiger partial charge in [0.15, 0.2) is 5.96 Å². The van der Waals surface area contributed by atoms with Gasteiger partial charge in [0.25, 0.3) is 0 Å². The Labute approximate surface area is 204 Å². The number of nitrogens with one attached hydrogen (secondary N) is 2. The normalized spacial score (nSPS) is 14.7. The number of hydrogen-bond acceptors (Lipinski definition) is 5. The number of rotatable bonds is 7. The van der Waals surface area contributed by atoms with E-state index in [1.165, 1.54) is 13.2 Å². The molecule has 3 rings (SSSR count). The highest BCUT2D eigenvalue weighted by atomic mass is 127. The highest BCUT2D eigenvalue weighted by Gasteiger charge is 2.21. The van der Waals surface area contributed by atoms with Crippen molar-refractivity contribution >= 4 is 35.8 Å². The van der Waals surface area contributed by atoms with Gasteiger partial charge in [-0.2, -0.15) is 8.78 Å². The van der Waals surface area contributed by atoms with Crippen LogP contribution in [0.1, 0.15) is 24.0 Å². The molecule has 0 atom stereocenters. The molecule has 2 heterocycles. The molecule has 2 aromatic rings. The van der Waals surface area contributed by atoms with Crippen LogP contribution in [0, 0.1) is 6.92 Å². The van der Waals surface area contributed by atoms with Gasteiger partial charge in [-0.3, -0.25) is 4.99 Å². The fourth-order valence-corrected chi connectivity index (χ4v) is 3.48. The predicted molar refractivity (Wildman–Crippen MR) is 133 cm³/mol. The summed E-state index contributed by atoms with van der Waals surface area (Å²) in [6.45, 7) is 1.21. The van der Waals surface area contributed by atoms with Gasteiger partial charge in [-0.1, -0.05) is 6.07 Å². The Bertz CT molecular complexity index is 875. The van der Waals surface area contributed by atoms with E-state index in [4.69, 9.17) is 4.74 Å². The molecule has 176 valence electrons. The molecule has 0 aliphatic carbocycles. The quantitative estimate of drug-likeness (QED) is 0.303. The van der Waals surface area contributed by atoms with Gasteiger partial charge in [-0.15, -0.1) is 24.0 Å². The van der Waals surface area contributed by atoms with Crippen LogP contribution >= 0.6 is 24.0 Å². The van der Waals surface area contributed by atoms with E-state index in [2.05, 4.69) is 42.4 Å². The maximum atomic E-state index is 12.8. The number of anilines is 1. The van der Waals surface area contributed by atoms with Crippen LogP contribution in [-0.4, -0.2) is 50.8 Å². The van der Waals surface area contributed by atoms with Crippen LogP contribution in [0.25, 0.3) is 0 Å². The van der Waals surface area contributed by atoms with Crippen LogP contribution < -0.4 is 25.0 Å². The van der Waals surface area contributed by atoms with Crippen molar-refractivity contribution in [3.05, 3.63) is 47.7 Å². The zero-order valence-corrected chi connectivity index (χ0v) is 20.8. The Morgan fingerprint density at radius 1 is 1.25 bits per heavy atom. The van der Waals surface area contributed by atoms with Crippen LogP contribution in [0.15, 0.2) is 41.5 Å². The van der Waals surface area contributed by atoms with Crippen LogP contribution in [0.3, 0.4) is 0 Å². The van der Waals surface area contributed by atoms with Gasteiger partial charge in [0.05, 0.1) is 7.11 Å². The Hall–Kier alpha value is -2.37. The summed E-state index contributed by atoms with van der Waals surface area (Å²) in [5.74, 6) is 2.15. The zero-order chi connectivity index (χ0) is 22.2. The van der Waals surface area contributed by atoms with Crippen molar-refractivity contribution in [1.29, 1.82) is 0 Å². The van der Waals surface area contributed by atoms with Crippen molar-refractivity contribution < 1.29 is 18.3 Å². The second kappa shape index (κ2) is 12.6. The molecule has 0 amide bonds. The first kappa shape index (κ1) is 25.9. The number of aryl methyl sites for hydroxylation is 1. The molecule has 0 unspecified atom stereocenters. The minimum atomic E-state index is -2.91. The maximum absolute atomic E-state index is 12.8. The summed E-state index contributed by atoms with van der Waals surface area (Å²) in [5.41, 5.74) is 1.73. The number of hydrogen-bond donors (Lipinski definition) is 2. The smallest absolute Gasteiger partial charge is 0.387 e. The summed E-state index contributed by atoms with van der Waals surface area (Å²) in [7, 11) is 3.16. The lowest BCUT2D eigenvalue weighted by atomic mass is 10.1. The van der Waals surface area contributed by atoms with Crippen LogP contribution in [0.4, 0.5) is 14.6 Å². The van der Waals surface area contributed by atoms with E-state index >= 15 is 0 Å². The fourth-order valence-electron chi connectivity index (χ4n) is 3.48. The molecule has 7 nitrogen and oxygen atoms in total. The molecule has 1 aliphatic heterocycles. The second-order valence-electron chi connectivity index (χ2n) is 7.38. The molecule has 1 saturated heterocycles. The van der Waals surface area contributed by atoms with Gasteiger partial charge < -0.3 is 25.0 Å². The average molecular weight is 561 g/mol. The summed E-state index contributed by atoms with van der Waals surface area (Å²) in [6.07, 6.45) is 3.77. The zero-order valence-electron chi connectivity index (χ0n) is 18.5. The summed E-state index contributed by atoms with van der Waals surface area (Å²) in [5, 5.41) is 6.60. The van der Waals surface area contributed by atoms with E-state index in [0.717, 1.165) is 37.3 Å². The highest BCUT2D eigenvalue weighted by Crippen LogP contribution is 2.26. The molecular formula is C22H30F2IN5O2. The SMILES string of the molecule is CN=C(NCc1ccc(OC)cc1OC(F)F)NC1CCN(c2ccc(C)cn2)CC1.I. The Morgan fingerprint density at radius 2 is 2.00 bits per heavy atom. The van der Waals surface area contributed by atoms with Gasteiger partial charge in [0.1, 0.15) is 17.3 Å². The van der Waals surface area contributed by atoms with E-state index in [1.54, 1.807) is 19.2 Å². The Kier molecular flexibility index (Phi) is 10.2. The van der Waals surface area contributed by atoms with Crippen LogP contribution in [0.5, 0.6) is 11.5 Å². The van der Waals surface area contributed by atoms with Gasteiger partial charge >= 0.3 is 6.61 Å². The van der Waals surface area contributed by atoms with E-state index in [1.807, 2.05) is 13.1 Å². The fraction of sp³-hybridized carbons (Fsp3) is 0.455. The van der Waals surface area contributed by atoms with Gasteiger partial charge in [0.2, 0.25) is 0 Å². The largest absolute Gasteiger partial charge is 0.497 e. The standard InChI is InChI=1S/C22H29F2N5O2.HI/c1-15-4-7-20(26-13-15)29-10-8-17(9-11-29)28-22(25-2)27-14-16-5-6-18(30-3)12-19(16)31-21(23)24;/h4-7,12-13,17,21H,8-11,14H2,1-3H3,(H2,25,27,28);1H. The molecule has 1 aliphatic rings. The number of methoxy groups -OCH3 is 1. The Morgan fingerprint density at radius 3 is 2.59 bits per heavy atom. The molecule has 0 spiro atoms. The highest BCUT2D eigenvalue weighted by molar-refractivity contribution is 14.0. The minimum Gasteiger partial charge on any atom is -0.497 e. The molecule has 0 radical (unpaired) electrons. The predicted octanol–water partition coefficient (Wildman–Crippen LogP) is 3.95. The molecule has 0 bridgehead atoms. The number of nitrogens with zero attached hydrogens (tertiary/aromatic N) is 3. The minimum absolute atomic E-state index is 0. The number of alkyl halides is 2. The molecular weight excluding hydrogens is 531 g/mol. The number of ether oxygens (including phenoxy) is 2. The third-order valence-corrected chi connectivity index (χ3v) is 5.22. The van der Waals surface area contributed by atoms with E-state index in [-0.39, 0.29) is 42.3 Å². The first-order valence-corrected chi connectivity index (χ1v) is 10.2.